The second-order valence-electron chi connectivity index (χ2n) is 4.86. The number of aliphatic hydroxyl groups is 1. The van der Waals surface area contributed by atoms with Gasteiger partial charge in [0.15, 0.2) is 6.10 Å². The van der Waals surface area contributed by atoms with Crippen molar-refractivity contribution in [2.24, 2.45) is 5.92 Å². The zero-order chi connectivity index (χ0) is 13.6. The van der Waals surface area contributed by atoms with E-state index in [2.05, 4.69) is 6.58 Å². The van der Waals surface area contributed by atoms with Crippen LogP contribution in [-0.4, -0.2) is 33.9 Å². The monoisotopic (exact) mass is 244 g/mol. The minimum Gasteiger partial charge on any atom is -0.479 e. The van der Waals surface area contributed by atoms with Crippen LogP contribution in [0.4, 0.5) is 0 Å². The van der Waals surface area contributed by atoms with Crippen LogP contribution >= 0.6 is 0 Å². The molecule has 98 valence electrons. The standard InChI is InChI=1S/C12H20O5/c1-5-6-8(10(14)11(15)16)7-9(13)17-12(2,3)4/h5,8,10,14H,1,6-7H2,2-4H3,(H,15,16)/t8-,10?/m1/s1. The summed E-state index contributed by atoms with van der Waals surface area (Å²) in [5.41, 5.74) is -0.621. The number of rotatable bonds is 6. The Balaban J connectivity index is 4.49. The van der Waals surface area contributed by atoms with Crippen molar-refractivity contribution in [3.8, 4) is 0 Å². The lowest BCUT2D eigenvalue weighted by atomic mass is 9.95. The lowest BCUT2D eigenvalue weighted by molar-refractivity contribution is -0.159. The second kappa shape index (κ2) is 6.39. The normalized spacial score (nSPS) is 14.8. The first-order valence-electron chi connectivity index (χ1n) is 5.41. The van der Waals surface area contributed by atoms with Gasteiger partial charge in [-0.05, 0) is 27.2 Å². The number of carboxylic acids is 1. The summed E-state index contributed by atoms with van der Waals surface area (Å²) < 4.78 is 5.07. The molecule has 0 saturated heterocycles. The number of esters is 1. The van der Waals surface area contributed by atoms with E-state index in [9.17, 15) is 14.7 Å². The van der Waals surface area contributed by atoms with Gasteiger partial charge in [0, 0.05) is 5.92 Å². The molecule has 0 bridgehead atoms. The van der Waals surface area contributed by atoms with Gasteiger partial charge in [-0.3, -0.25) is 4.79 Å². The number of hydrogen-bond acceptors (Lipinski definition) is 4. The molecular weight excluding hydrogens is 224 g/mol. The average molecular weight is 244 g/mol. The fraction of sp³-hybridized carbons (Fsp3) is 0.667. The molecule has 0 rings (SSSR count). The first-order valence-corrected chi connectivity index (χ1v) is 5.41. The van der Waals surface area contributed by atoms with E-state index >= 15 is 0 Å². The van der Waals surface area contributed by atoms with E-state index in [1.165, 1.54) is 6.08 Å². The minimum absolute atomic E-state index is 0.142. The van der Waals surface area contributed by atoms with Gasteiger partial charge in [-0.2, -0.15) is 0 Å². The summed E-state index contributed by atoms with van der Waals surface area (Å²) in [6, 6.07) is 0. The van der Waals surface area contributed by atoms with Crippen LogP contribution in [-0.2, 0) is 14.3 Å². The van der Waals surface area contributed by atoms with Gasteiger partial charge in [0.05, 0.1) is 6.42 Å². The number of aliphatic hydroxyl groups excluding tert-OH is 1. The molecule has 0 amide bonds. The molecule has 0 heterocycles. The number of hydrogen-bond donors (Lipinski definition) is 2. The zero-order valence-electron chi connectivity index (χ0n) is 10.5. The summed E-state index contributed by atoms with van der Waals surface area (Å²) in [5, 5.41) is 18.1. The first kappa shape index (κ1) is 15.6. The van der Waals surface area contributed by atoms with Gasteiger partial charge in [0.1, 0.15) is 5.60 Å². The van der Waals surface area contributed by atoms with Crippen molar-refractivity contribution in [3.63, 3.8) is 0 Å². The highest BCUT2D eigenvalue weighted by atomic mass is 16.6. The van der Waals surface area contributed by atoms with Crippen molar-refractivity contribution in [1.29, 1.82) is 0 Å². The lowest BCUT2D eigenvalue weighted by Crippen LogP contribution is -2.33. The van der Waals surface area contributed by atoms with Crippen molar-refractivity contribution in [3.05, 3.63) is 12.7 Å². The van der Waals surface area contributed by atoms with Gasteiger partial charge < -0.3 is 14.9 Å². The number of allylic oxidation sites excluding steroid dienone is 1. The maximum atomic E-state index is 11.5. The molecule has 0 aromatic carbocycles. The highest BCUT2D eigenvalue weighted by Gasteiger charge is 2.28. The van der Waals surface area contributed by atoms with Crippen molar-refractivity contribution < 1.29 is 24.5 Å². The maximum Gasteiger partial charge on any atom is 0.332 e. The third-order valence-corrected chi connectivity index (χ3v) is 2.02. The van der Waals surface area contributed by atoms with Crippen LogP contribution in [0.1, 0.15) is 33.6 Å². The molecule has 0 fully saturated rings. The van der Waals surface area contributed by atoms with Crippen molar-refractivity contribution >= 4 is 11.9 Å². The van der Waals surface area contributed by atoms with Crippen LogP contribution in [0.15, 0.2) is 12.7 Å². The largest absolute Gasteiger partial charge is 0.479 e. The quantitative estimate of drug-likeness (QED) is 0.544. The second-order valence-corrected chi connectivity index (χ2v) is 4.86. The highest BCUT2D eigenvalue weighted by molar-refractivity contribution is 5.75. The molecule has 0 saturated carbocycles. The Morgan fingerprint density at radius 2 is 1.94 bits per heavy atom. The molecule has 0 radical (unpaired) electrons. The summed E-state index contributed by atoms with van der Waals surface area (Å²) in [6.07, 6.45) is -0.00878. The molecule has 0 aromatic rings. The summed E-state index contributed by atoms with van der Waals surface area (Å²) in [6.45, 7) is 8.64. The van der Waals surface area contributed by atoms with E-state index in [0.717, 1.165) is 0 Å². The number of carboxylic acid groups (broad SMARTS) is 1. The van der Waals surface area contributed by atoms with Gasteiger partial charge >= 0.3 is 11.9 Å². The van der Waals surface area contributed by atoms with Crippen molar-refractivity contribution in [2.75, 3.05) is 0 Å². The van der Waals surface area contributed by atoms with E-state index in [1.54, 1.807) is 20.8 Å². The first-order chi connectivity index (χ1) is 7.67. The molecule has 0 aliphatic carbocycles. The van der Waals surface area contributed by atoms with Crippen molar-refractivity contribution in [1.82, 2.24) is 0 Å². The molecule has 0 aliphatic rings. The Hall–Kier alpha value is -1.36. The van der Waals surface area contributed by atoms with Crippen LogP contribution in [0.25, 0.3) is 0 Å². The van der Waals surface area contributed by atoms with Gasteiger partial charge in [-0.1, -0.05) is 6.08 Å². The molecule has 1 unspecified atom stereocenters. The minimum atomic E-state index is -1.58. The van der Waals surface area contributed by atoms with E-state index in [0.29, 0.717) is 0 Å². The fourth-order valence-electron chi connectivity index (χ4n) is 1.34. The molecule has 5 nitrogen and oxygen atoms in total. The van der Waals surface area contributed by atoms with E-state index in [4.69, 9.17) is 9.84 Å². The molecule has 0 aliphatic heterocycles. The summed E-state index contributed by atoms with van der Waals surface area (Å²) in [4.78, 5) is 22.2. The molecular formula is C12H20O5. The van der Waals surface area contributed by atoms with Gasteiger partial charge in [0.25, 0.3) is 0 Å². The number of carbonyl (C=O) groups excluding carboxylic acids is 1. The van der Waals surface area contributed by atoms with Crippen LogP contribution in [0.2, 0.25) is 0 Å². The number of ether oxygens (including phenoxy) is 1. The maximum absolute atomic E-state index is 11.5. The molecule has 0 spiro atoms. The predicted molar refractivity (Wildman–Crippen MR) is 62.4 cm³/mol. The smallest absolute Gasteiger partial charge is 0.332 e. The van der Waals surface area contributed by atoms with E-state index in [1.807, 2.05) is 0 Å². The Labute approximate surface area is 101 Å². The molecule has 5 heteroatoms. The SMILES string of the molecule is C=CC[C@H](CC(=O)OC(C)(C)C)C(O)C(=O)O. The van der Waals surface area contributed by atoms with Gasteiger partial charge in [-0.15, -0.1) is 6.58 Å². The zero-order valence-corrected chi connectivity index (χ0v) is 10.5. The van der Waals surface area contributed by atoms with Crippen LogP contribution in [0.3, 0.4) is 0 Å². The molecule has 2 atom stereocenters. The topological polar surface area (TPSA) is 83.8 Å². The van der Waals surface area contributed by atoms with E-state index < -0.39 is 29.6 Å². The molecule has 0 aromatic heterocycles. The third-order valence-electron chi connectivity index (χ3n) is 2.02. The highest BCUT2D eigenvalue weighted by Crippen LogP contribution is 2.18. The summed E-state index contributed by atoms with van der Waals surface area (Å²) >= 11 is 0. The van der Waals surface area contributed by atoms with Crippen molar-refractivity contribution in [2.45, 2.75) is 45.3 Å². The van der Waals surface area contributed by atoms with Crippen LogP contribution < -0.4 is 0 Å². The fourth-order valence-corrected chi connectivity index (χ4v) is 1.34. The van der Waals surface area contributed by atoms with E-state index in [-0.39, 0.29) is 12.8 Å². The summed E-state index contributed by atoms with van der Waals surface area (Å²) in [5.74, 6) is -2.58. The Morgan fingerprint density at radius 3 is 2.29 bits per heavy atom. The number of aliphatic carboxylic acids is 1. The average Bonchev–Trinajstić information content (AvgIpc) is 2.12. The predicted octanol–water partition coefficient (Wildman–Crippen LogP) is 1.36. The lowest BCUT2D eigenvalue weighted by Gasteiger charge is -2.22. The van der Waals surface area contributed by atoms with Crippen LogP contribution in [0.5, 0.6) is 0 Å². The van der Waals surface area contributed by atoms with Gasteiger partial charge in [0.2, 0.25) is 0 Å². The Morgan fingerprint density at radius 1 is 1.41 bits per heavy atom. The summed E-state index contributed by atoms with van der Waals surface area (Å²) in [7, 11) is 0. The van der Waals surface area contributed by atoms with Crippen LogP contribution in [0, 0.1) is 5.92 Å². The Kier molecular flexibility index (Phi) is 5.88. The third kappa shape index (κ3) is 6.73. The molecule has 2 N–H and O–H groups in total. The number of carbonyl (C=O) groups is 2. The Bertz CT molecular complexity index is 290. The molecule has 17 heavy (non-hydrogen) atoms. The van der Waals surface area contributed by atoms with Gasteiger partial charge in [-0.25, -0.2) is 4.79 Å².